The molecule has 3 rings (SSSR count). The Labute approximate surface area is 297 Å². The van der Waals surface area contributed by atoms with E-state index in [1.807, 2.05) is 33.7 Å². The van der Waals surface area contributed by atoms with E-state index in [1.165, 1.54) is 0 Å². The molecule has 3 heterocycles. The van der Waals surface area contributed by atoms with Gasteiger partial charge in [0.05, 0.1) is 0 Å². The van der Waals surface area contributed by atoms with Crippen molar-refractivity contribution in [1.29, 1.82) is 0 Å². The van der Waals surface area contributed by atoms with Gasteiger partial charge in [0.25, 0.3) is 11.2 Å². The molecule has 3 fully saturated rings. The lowest BCUT2D eigenvalue weighted by Crippen LogP contribution is -2.63. The van der Waals surface area contributed by atoms with Crippen molar-refractivity contribution in [3.63, 3.8) is 0 Å². The summed E-state index contributed by atoms with van der Waals surface area (Å²) in [7, 11) is 6.90. The Morgan fingerprint density at radius 1 is 0.327 bits per heavy atom. The van der Waals surface area contributed by atoms with Crippen LogP contribution in [0.25, 0.3) is 0 Å². The Kier molecular flexibility index (Phi) is 17.2. The third kappa shape index (κ3) is 13.8. The maximum Gasteiger partial charge on any atom is 0.427 e. The van der Waals surface area contributed by atoms with Crippen LogP contribution in [0.5, 0.6) is 0 Å². The molecule has 0 radical (unpaired) electrons. The first-order valence-electron chi connectivity index (χ1n) is 17.0. The second kappa shape index (κ2) is 19.1. The van der Waals surface area contributed by atoms with E-state index in [4.69, 9.17) is 0 Å². The molecule has 0 spiro atoms. The summed E-state index contributed by atoms with van der Waals surface area (Å²) < 4.78 is 165. The lowest BCUT2D eigenvalue weighted by Gasteiger charge is -2.39. The number of halogens is 12. The zero-order chi connectivity index (χ0) is 39.8. The zero-order valence-corrected chi connectivity index (χ0v) is 30.1. The molecule has 310 valence electrons. The second-order valence-electron chi connectivity index (χ2n) is 14.2. The van der Waals surface area contributed by atoms with E-state index in [2.05, 4.69) is 0 Å². The van der Waals surface area contributed by atoms with Crippen LogP contribution >= 0.6 is 0 Å². The normalized spacial score (nSPS) is 25.7. The quantitative estimate of drug-likeness (QED) is 0.412. The molecule has 0 aromatic heterocycles. The molecule has 0 aromatic rings. The first kappa shape index (κ1) is 46.9. The summed E-state index contributed by atoms with van der Waals surface area (Å²) in [6.07, 6.45) is -24.0. The van der Waals surface area contributed by atoms with Crippen LogP contribution in [0.15, 0.2) is 0 Å². The summed E-state index contributed by atoms with van der Waals surface area (Å²) in [5, 5.41) is 20.0. The molecule has 0 aliphatic carbocycles. The van der Waals surface area contributed by atoms with Gasteiger partial charge in [-0.05, 0) is 28.2 Å². The molecule has 2 atom stereocenters. The molecule has 3 aliphatic heterocycles. The standard InChI is InChI=1S/C30H54F12N8O2/c1-43-5-6-44(2)8-14-48-16-10-46(4)12-17-49(23-25(51,27(31,32)33)28(34,35)36)21-19-47(13-7-43)15-9-45(3)11-18-50(22-20-48)24-26(52,29(37,38)39)30(40,41)42/h51-52H,5-24H2,1-4H3. The first-order valence-corrected chi connectivity index (χ1v) is 17.0. The van der Waals surface area contributed by atoms with Gasteiger partial charge in [0, 0.05) is 131 Å². The molecule has 2 bridgehead atoms. The minimum absolute atomic E-state index is 0.00118. The molecular formula is C30H54F12N8O2. The highest BCUT2D eigenvalue weighted by molar-refractivity contribution is 4.98. The summed E-state index contributed by atoms with van der Waals surface area (Å²) in [4.78, 5) is 12.8. The fourth-order valence-corrected chi connectivity index (χ4v) is 5.76. The molecule has 3 aliphatic rings. The van der Waals surface area contributed by atoms with E-state index in [9.17, 15) is 62.9 Å². The van der Waals surface area contributed by atoms with Gasteiger partial charge in [0.1, 0.15) is 0 Å². The van der Waals surface area contributed by atoms with Crippen LogP contribution < -0.4 is 0 Å². The zero-order valence-electron chi connectivity index (χ0n) is 30.1. The molecule has 10 nitrogen and oxygen atoms in total. The van der Waals surface area contributed by atoms with Crippen LogP contribution in [-0.4, -0.2) is 244 Å². The molecule has 22 heteroatoms. The Bertz CT molecular complexity index is 942. The monoisotopic (exact) mass is 786 g/mol. The molecule has 52 heavy (non-hydrogen) atoms. The number of fused-ring (bicyclic) bond motifs is 21. The largest absolute Gasteiger partial charge is 0.427 e. The van der Waals surface area contributed by atoms with Crippen LogP contribution in [0.4, 0.5) is 52.7 Å². The average molecular weight is 787 g/mol. The highest BCUT2D eigenvalue weighted by Crippen LogP contribution is 2.44. The summed E-state index contributed by atoms with van der Waals surface area (Å²) in [6, 6.07) is 0. The van der Waals surface area contributed by atoms with Crippen molar-refractivity contribution in [3.05, 3.63) is 0 Å². The highest BCUT2D eigenvalue weighted by Gasteiger charge is 2.71. The maximum absolute atomic E-state index is 13.7. The Morgan fingerprint density at radius 2 is 0.500 bits per heavy atom. The summed E-state index contributed by atoms with van der Waals surface area (Å²) in [6.45, 7) is -0.930. The van der Waals surface area contributed by atoms with Crippen LogP contribution in [0.2, 0.25) is 0 Å². The topological polar surface area (TPSA) is 66.4 Å². The van der Waals surface area contributed by atoms with Crippen molar-refractivity contribution < 1.29 is 62.9 Å². The van der Waals surface area contributed by atoms with Crippen LogP contribution in [0.1, 0.15) is 0 Å². The average Bonchev–Trinajstić information content (AvgIpc) is 3.00. The second-order valence-corrected chi connectivity index (χ2v) is 14.2. The molecule has 2 N–H and O–H groups in total. The van der Waals surface area contributed by atoms with Gasteiger partial charge < -0.3 is 29.8 Å². The van der Waals surface area contributed by atoms with Crippen molar-refractivity contribution in [2.24, 2.45) is 0 Å². The number of rotatable bonds is 4. The fraction of sp³-hybridized carbons (Fsp3) is 1.00. The predicted molar refractivity (Wildman–Crippen MR) is 170 cm³/mol. The SMILES string of the molecule is CN1CCN(C)CCN2CCN(C)CCN(CC(O)(C(F)(F)F)C(F)(F)F)CCN(CC1)CCN(C)CCN(CC(O)(C(F)(F)F)C(F)(F)F)CC2. The number of likely N-dealkylation sites (N-methyl/N-ethyl adjacent to an activating group) is 4. The predicted octanol–water partition coefficient (Wildman–Crippen LogP) is 1.66. The van der Waals surface area contributed by atoms with Crippen molar-refractivity contribution in [2.75, 3.05) is 159 Å². The summed E-state index contributed by atoms with van der Waals surface area (Å²) in [5.74, 6) is 0. The van der Waals surface area contributed by atoms with E-state index >= 15 is 0 Å². The lowest BCUT2D eigenvalue weighted by atomic mass is 10.0. The van der Waals surface area contributed by atoms with Crippen molar-refractivity contribution in [2.45, 2.75) is 35.9 Å². The van der Waals surface area contributed by atoms with Crippen molar-refractivity contribution >= 4 is 0 Å². The molecule has 2 unspecified atom stereocenters. The molecule has 0 saturated carbocycles. The van der Waals surface area contributed by atoms with Crippen LogP contribution in [0.3, 0.4) is 0 Å². The Morgan fingerprint density at radius 3 is 0.731 bits per heavy atom. The Balaban J connectivity index is 2.50. The van der Waals surface area contributed by atoms with Gasteiger partial charge in [0.2, 0.25) is 0 Å². The smallest absolute Gasteiger partial charge is 0.373 e. The summed E-state index contributed by atoms with van der Waals surface area (Å²) >= 11 is 0. The lowest BCUT2D eigenvalue weighted by molar-refractivity contribution is -0.371. The van der Waals surface area contributed by atoms with Gasteiger partial charge >= 0.3 is 24.7 Å². The van der Waals surface area contributed by atoms with Gasteiger partial charge in [-0.25, -0.2) is 0 Å². The Hall–Kier alpha value is -1.24. The third-order valence-corrected chi connectivity index (χ3v) is 9.90. The van der Waals surface area contributed by atoms with Gasteiger partial charge in [-0.15, -0.1) is 0 Å². The summed E-state index contributed by atoms with van der Waals surface area (Å²) in [5.41, 5.74) is -9.95. The maximum atomic E-state index is 13.7. The molecule has 3 saturated heterocycles. The molecule has 0 amide bonds. The molecule has 0 aromatic carbocycles. The van der Waals surface area contributed by atoms with E-state index < -0.39 is 49.0 Å². The number of hydrogen-bond donors (Lipinski definition) is 2. The van der Waals surface area contributed by atoms with Gasteiger partial charge in [-0.1, -0.05) is 0 Å². The van der Waals surface area contributed by atoms with Crippen molar-refractivity contribution in [1.82, 2.24) is 39.2 Å². The van der Waals surface area contributed by atoms with E-state index in [-0.39, 0.29) is 78.5 Å². The third-order valence-electron chi connectivity index (χ3n) is 9.90. The fourth-order valence-electron chi connectivity index (χ4n) is 5.76. The van der Waals surface area contributed by atoms with Gasteiger partial charge in [-0.2, -0.15) is 52.7 Å². The number of hydrogen-bond acceptors (Lipinski definition) is 10. The minimum atomic E-state index is -6.00. The minimum Gasteiger partial charge on any atom is -0.373 e. The van der Waals surface area contributed by atoms with Gasteiger partial charge in [0.15, 0.2) is 0 Å². The van der Waals surface area contributed by atoms with Gasteiger partial charge in [-0.3, -0.25) is 19.6 Å². The highest BCUT2D eigenvalue weighted by atomic mass is 19.4. The number of aliphatic hydroxyl groups is 2. The van der Waals surface area contributed by atoms with E-state index in [1.54, 1.807) is 23.9 Å². The van der Waals surface area contributed by atoms with Crippen LogP contribution in [-0.2, 0) is 0 Å². The van der Waals surface area contributed by atoms with Crippen LogP contribution in [0, 0.1) is 0 Å². The number of nitrogens with zero attached hydrogens (tertiary/aromatic N) is 8. The van der Waals surface area contributed by atoms with E-state index in [0.717, 1.165) is 9.80 Å². The van der Waals surface area contributed by atoms with E-state index in [0.29, 0.717) is 39.3 Å². The van der Waals surface area contributed by atoms with Crippen molar-refractivity contribution in [3.8, 4) is 0 Å². The molecular weight excluding hydrogens is 732 g/mol. The number of alkyl halides is 12. The first-order chi connectivity index (χ1) is 23.7.